The molecule has 1 amide bonds. The summed E-state index contributed by atoms with van der Waals surface area (Å²) >= 11 is 1.00. The largest absolute Gasteiger partial charge is 0.349 e. The van der Waals surface area contributed by atoms with E-state index >= 15 is 0 Å². The Balaban J connectivity index is 1.49. The molecule has 1 aromatic heterocycles. The fourth-order valence-electron chi connectivity index (χ4n) is 3.76. The van der Waals surface area contributed by atoms with Gasteiger partial charge in [-0.05, 0) is 36.9 Å². The van der Waals surface area contributed by atoms with Gasteiger partial charge in [-0.2, -0.15) is 4.31 Å². The number of rotatable bonds is 5. The second-order valence-electron chi connectivity index (χ2n) is 7.20. The quantitative estimate of drug-likeness (QED) is 0.769. The third-order valence-corrected chi connectivity index (χ3v) is 8.53. The van der Waals surface area contributed by atoms with Gasteiger partial charge < -0.3 is 10.6 Å². The van der Waals surface area contributed by atoms with Crippen LogP contribution in [0.5, 0.6) is 0 Å². The van der Waals surface area contributed by atoms with Crippen molar-refractivity contribution in [2.45, 2.75) is 42.5 Å². The van der Waals surface area contributed by atoms with Crippen LogP contribution in [0.1, 0.15) is 40.9 Å². The van der Waals surface area contributed by atoms with Crippen LogP contribution in [-0.4, -0.2) is 49.3 Å². The van der Waals surface area contributed by atoms with E-state index in [0.29, 0.717) is 26.1 Å². The molecule has 1 atom stereocenters. The van der Waals surface area contributed by atoms with Gasteiger partial charge in [-0.1, -0.05) is 30.7 Å². The van der Waals surface area contributed by atoms with Gasteiger partial charge in [-0.15, -0.1) is 11.3 Å². The first-order valence-electron chi connectivity index (χ1n) is 9.57. The first-order valence-corrected chi connectivity index (χ1v) is 11.9. The summed E-state index contributed by atoms with van der Waals surface area (Å²) in [5.74, 6) is -0.426. The molecule has 1 aromatic carbocycles. The van der Waals surface area contributed by atoms with E-state index < -0.39 is 15.9 Å². The number of carbonyl (C=O) groups is 1. The number of aromatic nitrogens is 1. The fraction of sp³-hybridized carbons (Fsp3) is 0.474. The molecule has 150 valence electrons. The zero-order chi connectivity index (χ0) is 19.6. The Kier molecular flexibility index (Phi) is 5.77. The Hall–Kier alpha value is -1.81. The van der Waals surface area contributed by atoms with E-state index in [-0.39, 0.29) is 15.9 Å². The average molecular weight is 421 g/mol. The Morgan fingerprint density at radius 2 is 2.11 bits per heavy atom. The molecule has 3 heterocycles. The molecule has 0 saturated carbocycles. The Morgan fingerprint density at radius 3 is 2.89 bits per heavy atom. The van der Waals surface area contributed by atoms with Crippen LogP contribution in [0.2, 0.25) is 0 Å². The molecule has 0 aliphatic carbocycles. The number of fused-ring (bicyclic) bond motifs is 1. The van der Waals surface area contributed by atoms with Gasteiger partial charge >= 0.3 is 0 Å². The van der Waals surface area contributed by atoms with Crippen LogP contribution in [0.15, 0.2) is 34.0 Å². The van der Waals surface area contributed by atoms with E-state index in [1.807, 2.05) is 24.3 Å². The van der Waals surface area contributed by atoms with Crippen LogP contribution in [-0.2, 0) is 23.0 Å². The molecule has 9 heteroatoms. The van der Waals surface area contributed by atoms with Gasteiger partial charge in [-0.3, -0.25) is 4.79 Å². The number of sulfonamides is 1. The summed E-state index contributed by atoms with van der Waals surface area (Å²) in [6.07, 6.45) is 3.97. The third kappa shape index (κ3) is 3.98. The van der Waals surface area contributed by atoms with Crippen LogP contribution in [0.3, 0.4) is 0 Å². The molecule has 0 bridgehead atoms. The van der Waals surface area contributed by atoms with Crippen LogP contribution >= 0.6 is 11.3 Å². The Morgan fingerprint density at radius 1 is 1.29 bits per heavy atom. The molecular formula is C19H24N4O3S2. The number of hydrogen-bond donors (Lipinski definition) is 2. The van der Waals surface area contributed by atoms with E-state index in [4.69, 9.17) is 0 Å². The van der Waals surface area contributed by atoms with Crippen molar-refractivity contribution in [1.29, 1.82) is 0 Å². The fourth-order valence-corrected chi connectivity index (χ4v) is 6.47. The number of hydrogen-bond acceptors (Lipinski definition) is 6. The maximum absolute atomic E-state index is 13.2. The van der Waals surface area contributed by atoms with E-state index in [2.05, 4.69) is 15.6 Å². The van der Waals surface area contributed by atoms with Gasteiger partial charge in [-0.25, -0.2) is 13.4 Å². The van der Waals surface area contributed by atoms with Gasteiger partial charge in [0.25, 0.3) is 15.9 Å². The maximum Gasteiger partial charge on any atom is 0.272 e. The topological polar surface area (TPSA) is 91.4 Å². The summed E-state index contributed by atoms with van der Waals surface area (Å²) in [7, 11) is -3.77. The number of thiazole rings is 1. The highest BCUT2D eigenvalue weighted by atomic mass is 32.2. The molecule has 0 unspecified atom stereocenters. The molecule has 0 spiro atoms. The van der Waals surface area contributed by atoms with E-state index in [0.717, 1.165) is 42.7 Å². The van der Waals surface area contributed by atoms with Gasteiger partial charge in [0.15, 0.2) is 9.90 Å². The number of nitrogens with zero attached hydrogens (tertiary/aromatic N) is 2. The standard InChI is InChI=1S/C19H24N4O3S2/c24-18(21-11-16-7-3-4-9-20-16)17-19(27-13-22-17)28(25,26)23-10-8-14-5-1-2-6-15(14)12-23/h1-2,5-6,13,16,20H,3-4,7-12H2,(H,21,24)/t16-/m1/s1. The van der Waals surface area contributed by atoms with Gasteiger partial charge in [0.2, 0.25) is 0 Å². The second kappa shape index (κ2) is 8.28. The highest BCUT2D eigenvalue weighted by molar-refractivity contribution is 7.91. The minimum atomic E-state index is -3.77. The molecule has 4 rings (SSSR count). The number of piperidine rings is 1. The first-order chi connectivity index (χ1) is 13.6. The summed E-state index contributed by atoms with van der Waals surface area (Å²) < 4.78 is 27.9. The summed E-state index contributed by atoms with van der Waals surface area (Å²) in [6, 6.07) is 8.10. The molecule has 2 aromatic rings. The van der Waals surface area contributed by atoms with E-state index in [1.54, 1.807) is 0 Å². The molecule has 2 aliphatic rings. The summed E-state index contributed by atoms with van der Waals surface area (Å²) in [5.41, 5.74) is 3.62. The molecule has 7 nitrogen and oxygen atoms in total. The molecule has 1 fully saturated rings. The van der Waals surface area contributed by atoms with Crippen molar-refractivity contribution in [2.24, 2.45) is 0 Å². The number of carbonyl (C=O) groups excluding carboxylic acids is 1. The smallest absolute Gasteiger partial charge is 0.272 e. The van der Waals surface area contributed by atoms with Crippen LogP contribution in [0, 0.1) is 0 Å². The maximum atomic E-state index is 13.2. The molecule has 2 N–H and O–H groups in total. The normalized spacial score (nSPS) is 20.5. The minimum absolute atomic E-state index is 0.000307. The van der Waals surface area contributed by atoms with Crippen molar-refractivity contribution in [3.05, 3.63) is 46.6 Å². The van der Waals surface area contributed by atoms with Crippen molar-refractivity contribution in [3.63, 3.8) is 0 Å². The van der Waals surface area contributed by atoms with Crippen LogP contribution in [0.25, 0.3) is 0 Å². The summed E-state index contributed by atoms with van der Waals surface area (Å²) in [5, 5.41) is 6.21. The Bertz CT molecular complexity index is 952. The molecule has 28 heavy (non-hydrogen) atoms. The SMILES string of the molecule is O=C(NC[C@H]1CCCCN1)c1ncsc1S(=O)(=O)N1CCc2ccccc2C1. The lowest BCUT2D eigenvalue weighted by molar-refractivity contribution is 0.0940. The van der Waals surface area contributed by atoms with Gasteiger partial charge in [0.05, 0.1) is 5.51 Å². The number of benzene rings is 1. The summed E-state index contributed by atoms with van der Waals surface area (Å²) in [4.78, 5) is 16.7. The third-order valence-electron chi connectivity index (χ3n) is 5.34. The zero-order valence-electron chi connectivity index (χ0n) is 15.6. The van der Waals surface area contributed by atoms with Crippen molar-refractivity contribution >= 4 is 27.3 Å². The van der Waals surface area contributed by atoms with E-state index in [9.17, 15) is 13.2 Å². The van der Waals surface area contributed by atoms with Crippen molar-refractivity contribution in [2.75, 3.05) is 19.6 Å². The second-order valence-corrected chi connectivity index (χ2v) is 10.2. The minimum Gasteiger partial charge on any atom is -0.349 e. The van der Waals surface area contributed by atoms with Crippen molar-refractivity contribution in [3.8, 4) is 0 Å². The summed E-state index contributed by atoms with van der Waals surface area (Å²) in [6.45, 7) is 2.16. The molecule has 2 aliphatic heterocycles. The molecule has 0 radical (unpaired) electrons. The first kappa shape index (κ1) is 19.5. The van der Waals surface area contributed by atoms with E-state index in [1.165, 1.54) is 15.4 Å². The molecular weight excluding hydrogens is 396 g/mol. The Labute approximate surface area is 169 Å². The predicted molar refractivity (Wildman–Crippen MR) is 108 cm³/mol. The van der Waals surface area contributed by atoms with Crippen molar-refractivity contribution < 1.29 is 13.2 Å². The lowest BCUT2D eigenvalue weighted by atomic mass is 10.0. The van der Waals surface area contributed by atoms with Crippen LogP contribution in [0.4, 0.5) is 0 Å². The predicted octanol–water partition coefficient (Wildman–Crippen LogP) is 1.76. The number of nitrogens with one attached hydrogen (secondary N) is 2. The highest BCUT2D eigenvalue weighted by Crippen LogP contribution is 2.29. The zero-order valence-corrected chi connectivity index (χ0v) is 17.2. The van der Waals surface area contributed by atoms with Gasteiger partial charge in [0, 0.05) is 25.7 Å². The average Bonchev–Trinajstić information content (AvgIpc) is 3.23. The van der Waals surface area contributed by atoms with Gasteiger partial charge in [0.1, 0.15) is 0 Å². The highest BCUT2D eigenvalue weighted by Gasteiger charge is 2.33. The monoisotopic (exact) mass is 420 g/mol. The molecule has 1 saturated heterocycles. The van der Waals surface area contributed by atoms with Crippen LogP contribution < -0.4 is 10.6 Å². The lowest BCUT2D eigenvalue weighted by Gasteiger charge is -2.27. The van der Waals surface area contributed by atoms with Crippen molar-refractivity contribution in [1.82, 2.24) is 19.9 Å². The lowest BCUT2D eigenvalue weighted by Crippen LogP contribution is -2.44. The number of amides is 1.